The van der Waals surface area contributed by atoms with Crippen LogP contribution in [0, 0.1) is 22.7 Å². The Labute approximate surface area is 210 Å². The molecule has 36 heavy (non-hydrogen) atoms. The molecule has 0 bridgehead atoms. The maximum Gasteiger partial charge on any atom is 0.228 e. The van der Waals surface area contributed by atoms with E-state index in [4.69, 9.17) is 4.42 Å². The molecule has 3 aromatic carbocycles. The average molecular weight is 482 g/mol. The van der Waals surface area contributed by atoms with Crippen LogP contribution < -0.4 is 0 Å². The van der Waals surface area contributed by atoms with Crippen molar-refractivity contribution in [2.75, 3.05) is 0 Å². The zero-order valence-electron chi connectivity index (χ0n) is 18.7. The number of hydrogen-bond donors (Lipinski definition) is 0. The highest BCUT2D eigenvalue weighted by molar-refractivity contribution is 7.19. The van der Waals surface area contributed by atoms with E-state index in [2.05, 4.69) is 17.1 Å². The molecule has 0 N–H and O–H groups in total. The number of carbonyl (C=O) groups is 1. The molecule has 1 aliphatic carbocycles. The molecule has 1 aliphatic rings. The third kappa shape index (κ3) is 3.54. The molecule has 0 amide bonds. The molecule has 5 aromatic rings. The topological polar surface area (TPSA) is 90.7 Å². The van der Waals surface area contributed by atoms with Crippen molar-refractivity contribution in [3.05, 3.63) is 112 Å². The number of aromatic nitrogens is 1. The lowest BCUT2D eigenvalue weighted by molar-refractivity contribution is 0.104. The Bertz CT molecular complexity index is 1760. The Balaban J connectivity index is 1.35. The third-order valence-electron chi connectivity index (χ3n) is 6.06. The second-order valence-electron chi connectivity index (χ2n) is 8.19. The summed E-state index contributed by atoms with van der Waals surface area (Å²) >= 11 is 1.39. The van der Waals surface area contributed by atoms with Gasteiger partial charge in [0.05, 0.1) is 0 Å². The highest BCUT2D eigenvalue weighted by Gasteiger charge is 2.32. The number of carbonyl (C=O) groups excluding carboxylic acids is 1. The largest absolute Gasteiger partial charge is 0.435 e. The first kappa shape index (κ1) is 21.5. The van der Waals surface area contributed by atoms with Gasteiger partial charge in [0, 0.05) is 33.2 Å². The first-order valence-electron chi connectivity index (χ1n) is 11.1. The summed E-state index contributed by atoms with van der Waals surface area (Å²) < 4.78 is 6.02. The molecule has 6 heteroatoms. The van der Waals surface area contributed by atoms with Crippen molar-refractivity contribution < 1.29 is 9.21 Å². The van der Waals surface area contributed by atoms with Gasteiger partial charge in [-0.1, -0.05) is 66.7 Å². The minimum absolute atomic E-state index is 0.0841. The van der Waals surface area contributed by atoms with Gasteiger partial charge in [-0.3, -0.25) is 4.79 Å². The van der Waals surface area contributed by atoms with Crippen molar-refractivity contribution in [3.8, 4) is 34.7 Å². The van der Waals surface area contributed by atoms with E-state index in [1.54, 1.807) is 30.3 Å². The molecule has 2 heterocycles. The summed E-state index contributed by atoms with van der Waals surface area (Å²) in [4.78, 5) is 19.2. The van der Waals surface area contributed by atoms with Crippen molar-refractivity contribution in [1.29, 1.82) is 10.5 Å². The fourth-order valence-corrected chi connectivity index (χ4v) is 5.27. The zero-order valence-corrected chi connectivity index (χ0v) is 19.5. The monoisotopic (exact) mass is 481 g/mol. The molecule has 5 nitrogen and oxygen atoms in total. The SMILES string of the molecule is N#CC(C#N)=C1/C(=C/c2cc3oc(-c4ccc(-c5ccccc5)cc4)nc3s2)C(=O)c2ccccc21. The van der Waals surface area contributed by atoms with Gasteiger partial charge >= 0.3 is 0 Å². The van der Waals surface area contributed by atoms with Crippen LogP contribution in [0.4, 0.5) is 0 Å². The van der Waals surface area contributed by atoms with Crippen molar-refractivity contribution in [2.24, 2.45) is 0 Å². The molecule has 0 saturated heterocycles. The summed E-state index contributed by atoms with van der Waals surface area (Å²) in [6, 6.07) is 30.9. The molecule has 2 aromatic heterocycles. The second kappa shape index (κ2) is 8.63. The molecule has 0 atom stereocenters. The highest BCUT2D eigenvalue weighted by Crippen LogP contribution is 2.41. The summed E-state index contributed by atoms with van der Waals surface area (Å²) in [5.74, 6) is 0.317. The molecule has 168 valence electrons. The summed E-state index contributed by atoms with van der Waals surface area (Å²) in [5, 5.41) is 19.0. The third-order valence-corrected chi connectivity index (χ3v) is 7.02. The zero-order chi connectivity index (χ0) is 24.6. The fourth-order valence-electron chi connectivity index (χ4n) is 4.37. The summed E-state index contributed by atoms with van der Waals surface area (Å²) in [6.45, 7) is 0. The number of thiophene rings is 1. The van der Waals surface area contributed by atoms with Crippen LogP contribution in [0.3, 0.4) is 0 Å². The summed E-state index contributed by atoms with van der Waals surface area (Å²) in [5.41, 5.74) is 5.45. The van der Waals surface area contributed by atoms with Gasteiger partial charge in [0.1, 0.15) is 17.7 Å². The molecule has 6 rings (SSSR count). The lowest BCUT2D eigenvalue weighted by atomic mass is 9.99. The van der Waals surface area contributed by atoms with Crippen molar-refractivity contribution in [1.82, 2.24) is 4.98 Å². The molecular weight excluding hydrogens is 466 g/mol. The van der Waals surface area contributed by atoms with Gasteiger partial charge in [-0.2, -0.15) is 15.5 Å². The van der Waals surface area contributed by atoms with Gasteiger partial charge in [0.2, 0.25) is 5.89 Å². The number of nitrogens with zero attached hydrogens (tertiary/aromatic N) is 3. The maximum absolute atomic E-state index is 13.1. The lowest BCUT2D eigenvalue weighted by Crippen LogP contribution is -1.95. The molecule has 0 saturated carbocycles. The summed E-state index contributed by atoms with van der Waals surface area (Å²) in [7, 11) is 0. The van der Waals surface area contributed by atoms with E-state index >= 15 is 0 Å². The van der Waals surface area contributed by atoms with Gasteiger partial charge in [-0.15, -0.1) is 11.3 Å². The van der Waals surface area contributed by atoms with E-state index in [1.807, 2.05) is 60.7 Å². The van der Waals surface area contributed by atoms with Gasteiger partial charge in [0.25, 0.3) is 0 Å². The standard InChI is InChI=1S/C30H15N3O2S/c31-16-21(17-32)27-23-8-4-5-9-24(23)28(34)25(27)14-22-15-26-30(36-22)33-29(35-26)20-12-10-19(11-13-20)18-6-2-1-3-7-18/h1-15H/b25-14-. The predicted molar refractivity (Wildman–Crippen MR) is 140 cm³/mol. The van der Waals surface area contributed by atoms with Gasteiger partial charge in [-0.25, -0.2) is 0 Å². The van der Waals surface area contributed by atoms with Crippen LogP contribution in [0.25, 0.3) is 44.6 Å². The number of hydrogen-bond acceptors (Lipinski definition) is 6. The lowest BCUT2D eigenvalue weighted by Gasteiger charge is -2.02. The van der Waals surface area contributed by atoms with Crippen molar-refractivity contribution >= 4 is 39.2 Å². The van der Waals surface area contributed by atoms with Crippen LogP contribution in [0.15, 0.2) is 100 Å². The first-order chi connectivity index (χ1) is 17.7. The summed E-state index contributed by atoms with van der Waals surface area (Å²) in [6.07, 6.45) is 1.71. The van der Waals surface area contributed by atoms with Crippen molar-refractivity contribution in [2.45, 2.75) is 0 Å². The number of Topliss-reactive ketones (excluding diaryl/α,β-unsaturated/α-hetero) is 1. The number of nitriles is 2. The molecule has 0 radical (unpaired) electrons. The smallest absolute Gasteiger partial charge is 0.228 e. The highest BCUT2D eigenvalue weighted by atomic mass is 32.1. The van der Waals surface area contributed by atoms with Crippen LogP contribution in [-0.2, 0) is 0 Å². The van der Waals surface area contributed by atoms with Crippen molar-refractivity contribution in [3.63, 3.8) is 0 Å². The number of rotatable bonds is 3. The van der Waals surface area contributed by atoms with Crippen LogP contribution in [0.5, 0.6) is 0 Å². The minimum atomic E-state index is -0.208. The maximum atomic E-state index is 13.1. The Kier molecular flexibility index (Phi) is 5.15. The minimum Gasteiger partial charge on any atom is -0.435 e. The fraction of sp³-hybridized carbons (Fsp3) is 0. The Morgan fingerprint density at radius 1 is 0.833 bits per heavy atom. The van der Waals surface area contributed by atoms with E-state index < -0.39 is 0 Å². The molecule has 0 spiro atoms. The molecular formula is C30H15N3O2S. The predicted octanol–water partition coefficient (Wildman–Crippen LogP) is 7.30. The van der Waals surface area contributed by atoms with Crippen LogP contribution in [0.2, 0.25) is 0 Å². The van der Waals surface area contributed by atoms with Gasteiger partial charge < -0.3 is 4.42 Å². The normalized spacial score (nSPS) is 13.6. The van der Waals surface area contributed by atoms with Gasteiger partial charge in [-0.05, 0) is 34.9 Å². The van der Waals surface area contributed by atoms with E-state index in [9.17, 15) is 15.3 Å². The van der Waals surface area contributed by atoms with Crippen LogP contribution in [0.1, 0.15) is 20.8 Å². The number of ketones is 1. The van der Waals surface area contributed by atoms with Gasteiger partial charge in [0.15, 0.2) is 16.2 Å². The number of benzene rings is 3. The Morgan fingerprint density at radius 3 is 2.17 bits per heavy atom. The second-order valence-corrected chi connectivity index (χ2v) is 9.25. The Morgan fingerprint density at radius 2 is 1.47 bits per heavy atom. The van der Waals surface area contributed by atoms with Crippen LogP contribution in [-0.4, -0.2) is 10.8 Å². The molecule has 0 fully saturated rings. The number of fused-ring (bicyclic) bond motifs is 2. The van der Waals surface area contributed by atoms with E-state index in [0.717, 1.165) is 21.6 Å². The number of oxazole rings is 1. The van der Waals surface area contributed by atoms with E-state index in [-0.39, 0.29) is 11.4 Å². The molecule has 0 unspecified atom stereocenters. The molecule has 0 aliphatic heterocycles. The number of allylic oxidation sites excluding steroid dienone is 3. The first-order valence-corrected chi connectivity index (χ1v) is 11.9. The van der Waals surface area contributed by atoms with E-state index in [0.29, 0.717) is 38.6 Å². The quantitative estimate of drug-likeness (QED) is 0.199. The average Bonchev–Trinajstić information content (AvgIpc) is 3.57. The van der Waals surface area contributed by atoms with Crippen LogP contribution >= 0.6 is 11.3 Å². The van der Waals surface area contributed by atoms with E-state index in [1.165, 1.54) is 11.3 Å². The Hall–Kier alpha value is -5.04.